The molecule has 0 radical (unpaired) electrons. The maximum Gasteiger partial charge on any atom is 0.250 e. The number of fused-ring (bicyclic) bond motifs is 1. The summed E-state index contributed by atoms with van der Waals surface area (Å²) in [5, 5.41) is 0.178. The van der Waals surface area contributed by atoms with E-state index < -0.39 is 8.32 Å². The number of hydrogen-bond donors (Lipinski definition) is 0. The van der Waals surface area contributed by atoms with Crippen LogP contribution in [0.1, 0.15) is 123 Å². The van der Waals surface area contributed by atoms with Gasteiger partial charge in [-0.3, -0.25) is 0 Å². The van der Waals surface area contributed by atoms with Crippen LogP contribution in [0.2, 0.25) is 18.1 Å². The maximum atomic E-state index is 6.86. The zero-order valence-corrected chi connectivity index (χ0v) is 28.2. The molecule has 0 N–H and O–H groups in total. The van der Waals surface area contributed by atoms with Crippen molar-refractivity contribution in [2.24, 2.45) is 0 Å². The van der Waals surface area contributed by atoms with Gasteiger partial charge < -0.3 is 9.16 Å². The fourth-order valence-electron chi connectivity index (χ4n) is 4.98. The second-order valence-corrected chi connectivity index (χ2v) is 18.6. The molecule has 214 valence electrons. The maximum absolute atomic E-state index is 6.86. The van der Waals surface area contributed by atoms with Gasteiger partial charge in [0.25, 0.3) is 8.32 Å². The molecule has 0 aromatic heterocycles. The second-order valence-electron chi connectivity index (χ2n) is 13.9. The molecule has 0 spiro atoms. The molecule has 1 aliphatic heterocycles. The van der Waals surface area contributed by atoms with E-state index in [0.29, 0.717) is 0 Å². The molecule has 3 heteroatoms. The molecule has 0 amide bonds. The topological polar surface area (TPSA) is 18.5 Å². The molecule has 1 aromatic carbocycles. The fraction of sp³-hybridized carbons (Fsp3) is 0.657. The van der Waals surface area contributed by atoms with E-state index in [9.17, 15) is 0 Å². The van der Waals surface area contributed by atoms with Gasteiger partial charge in [-0.1, -0.05) is 55.7 Å². The number of ether oxygens (including phenoxy) is 1. The summed E-state index contributed by atoms with van der Waals surface area (Å²) < 4.78 is 13.7. The van der Waals surface area contributed by atoms with E-state index in [2.05, 4.69) is 107 Å². The van der Waals surface area contributed by atoms with E-state index >= 15 is 0 Å². The van der Waals surface area contributed by atoms with Crippen molar-refractivity contribution >= 4 is 8.32 Å². The average molecular weight is 539 g/mol. The van der Waals surface area contributed by atoms with Crippen LogP contribution in [0.3, 0.4) is 0 Å². The molecule has 0 aliphatic carbocycles. The minimum absolute atomic E-state index is 0.114. The lowest BCUT2D eigenvalue weighted by molar-refractivity contribution is 0.0559. The van der Waals surface area contributed by atoms with Gasteiger partial charge in [-0.05, 0) is 142 Å². The molecule has 2 rings (SSSR count). The number of allylic oxidation sites excluding steroid dienone is 6. The summed E-state index contributed by atoms with van der Waals surface area (Å²) in [5.41, 5.74) is 9.45. The van der Waals surface area contributed by atoms with Gasteiger partial charge in [0.05, 0.1) is 0 Å². The van der Waals surface area contributed by atoms with Crippen molar-refractivity contribution in [3.63, 3.8) is 0 Å². The Hall–Kier alpha value is -1.74. The van der Waals surface area contributed by atoms with E-state index in [-0.39, 0.29) is 10.6 Å². The van der Waals surface area contributed by atoms with Crippen LogP contribution < -0.4 is 9.16 Å². The van der Waals surface area contributed by atoms with Crippen LogP contribution in [-0.4, -0.2) is 13.9 Å². The zero-order valence-electron chi connectivity index (χ0n) is 27.2. The predicted molar refractivity (Wildman–Crippen MR) is 170 cm³/mol. The standard InChI is InChI=1S/C35H58O2Si/c1-25(2)17-14-18-26(3)19-15-20-27(4)21-16-23-35(11)24-22-31-30(7)32(28(5)29(6)33(31)36-35)37-38(12,13)34(8,9)10/h17,19,21H,14-16,18,20,22-24H2,1-13H3/b26-19+,27-21+. The predicted octanol–water partition coefficient (Wildman–Crippen LogP) is 11.3. The van der Waals surface area contributed by atoms with Crippen LogP contribution >= 0.6 is 0 Å². The average Bonchev–Trinajstić information content (AvgIpc) is 2.79. The lowest BCUT2D eigenvalue weighted by atomic mass is 9.85. The Morgan fingerprint density at radius 3 is 1.97 bits per heavy atom. The molecule has 0 saturated heterocycles. The lowest BCUT2D eigenvalue weighted by Crippen LogP contribution is -2.44. The van der Waals surface area contributed by atoms with Gasteiger partial charge in [-0.15, -0.1) is 0 Å². The molecule has 1 atom stereocenters. The summed E-state index contributed by atoms with van der Waals surface area (Å²) >= 11 is 0. The molecule has 0 bridgehead atoms. The Bertz CT molecular complexity index is 1060. The van der Waals surface area contributed by atoms with Crippen molar-refractivity contribution < 1.29 is 9.16 Å². The Labute approximate surface area is 237 Å². The van der Waals surface area contributed by atoms with E-state index in [0.717, 1.165) is 56.4 Å². The van der Waals surface area contributed by atoms with E-state index in [1.165, 1.54) is 45.4 Å². The summed E-state index contributed by atoms with van der Waals surface area (Å²) in [7, 11) is -1.91. The van der Waals surface area contributed by atoms with Crippen LogP contribution in [0.4, 0.5) is 0 Å². The Kier molecular flexibility index (Phi) is 11.2. The van der Waals surface area contributed by atoms with Crippen LogP contribution in [0.15, 0.2) is 34.9 Å². The van der Waals surface area contributed by atoms with Crippen molar-refractivity contribution in [1.82, 2.24) is 0 Å². The highest BCUT2D eigenvalue weighted by atomic mass is 28.4. The van der Waals surface area contributed by atoms with Gasteiger partial charge in [-0.2, -0.15) is 0 Å². The van der Waals surface area contributed by atoms with Crippen molar-refractivity contribution in [2.45, 2.75) is 151 Å². The Balaban J connectivity index is 2.04. The first-order valence-electron chi connectivity index (χ1n) is 14.9. The van der Waals surface area contributed by atoms with Crippen molar-refractivity contribution in [1.29, 1.82) is 0 Å². The smallest absolute Gasteiger partial charge is 0.250 e. The van der Waals surface area contributed by atoms with E-state index in [4.69, 9.17) is 9.16 Å². The van der Waals surface area contributed by atoms with Gasteiger partial charge in [0.1, 0.15) is 17.1 Å². The monoisotopic (exact) mass is 538 g/mol. The van der Waals surface area contributed by atoms with Gasteiger partial charge >= 0.3 is 0 Å². The van der Waals surface area contributed by atoms with Gasteiger partial charge in [0, 0.05) is 5.56 Å². The first kappa shape index (κ1) is 32.5. The minimum Gasteiger partial charge on any atom is -0.543 e. The third-order valence-electron chi connectivity index (χ3n) is 9.02. The number of rotatable bonds is 11. The van der Waals surface area contributed by atoms with Crippen molar-refractivity contribution in [2.75, 3.05) is 0 Å². The van der Waals surface area contributed by atoms with Crippen LogP contribution in [0, 0.1) is 20.8 Å². The summed E-state index contributed by atoms with van der Waals surface area (Å²) in [4.78, 5) is 0. The molecule has 1 aliphatic rings. The highest BCUT2D eigenvalue weighted by Crippen LogP contribution is 2.47. The molecule has 1 aromatic rings. The SMILES string of the molecule is CC(C)=CCC/C(C)=C/CC/C(C)=C/CCC1(C)CCc2c(C)c(O[Si](C)(C)C(C)(C)C)c(C)c(C)c2O1. The first-order valence-corrected chi connectivity index (χ1v) is 17.8. The lowest BCUT2D eigenvalue weighted by Gasteiger charge is -2.41. The van der Waals surface area contributed by atoms with Crippen molar-refractivity contribution in [3.05, 3.63) is 57.2 Å². The zero-order chi connectivity index (χ0) is 28.9. The van der Waals surface area contributed by atoms with Gasteiger partial charge in [0.2, 0.25) is 0 Å². The van der Waals surface area contributed by atoms with Crippen LogP contribution in [-0.2, 0) is 6.42 Å². The molecule has 1 unspecified atom stereocenters. The Morgan fingerprint density at radius 2 is 1.42 bits per heavy atom. The summed E-state index contributed by atoms with van der Waals surface area (Å²) in [6, 6.07) is 0. The van der Waals surface area contributed by atoms with Gasteiger partial charge in [0.15, 0.2) is 0 Å². The van der Waals surface area contributed by atoms with Gasteiger partial charge in [-0.25, -0.2) is 0 Å². The van der Waals surface area contributed by atoms with Crippen LogP contribution in [0.5, 0.6) is 11.5 Å². The third-order valence-corrected chi connectivity index (χ3v) is 13.3. The highest BCUT2D eigenvalue weighted by molar-refractivity contribution is 6.74. The summed E-state index contributed by atoms with van der Waals surface area (Å²) in [5.74, 6) is 2.23. The van der Waals surface area contributed by atoms with Crippen LogP contribution in [0.25, 0.3) is 0 Å². The number of hydrogen-bond acceptors (Lipinski definition) is 2. The molecule has 0 saturated carbocycles. The molecule has 2 nitrogen and oxygen atoms in total. The van der Waals surface area contributed by atoms with E-state index in [1.54, 1.807) is 0 Å². The van der Waals surface area contributed by atoms with Crippen molar-refractivity contribution in [3.8, 4) is 11.5 Å². The molecule has 0 fully saturated rings. The Morgan fingerprint density at radius 1 is 0.868 bits per heavy atom. The quantitative estimate of drug-likeness (QED) is 0.206. The number of benzene rings is 1. The fourth-order valence-corrected chi connectivity index (χ4v) is 6.10. The molecular weight excluding hydrogens is 480 g/mol. The third kappa shape index (κ3) is 8.63. The molecule has 38 heavy (non-hydrogen) atoms. The second kappa shape index (κ2) is 13.1. The molecular formula is C35H58O2Si. The normalized spacial score (nSPS) is 18.7. The highest BCUT2D eigenvalue weighted by Gasteiger charge is 2.41. The summed E-state index contributed by atoms with van der Waals surface area (Å²) in [6.07, 6.45) is 16.1. The summed E-state index contributed by atoms with van der Waals surface area (Å²) in [6.45, 7) is 29.5. The largest absolute Gasteiger partial charge is 0.543 e. The minimum atomic E-state index is -1.91. The molecule has 1 heterocycles. The van der Waals surface area contributed by atoms with E-state index in [1.807, 2.05) is 0 Å². The first-order chi connectivity index (χ1) is 17.5.